The van der Waals surface area contributed by atoms with Crippen molar-refractivity contribution in [3.63, 3.8) is 0 Å². The molecule has 0 amide bonds. The standard InChI is InChI=1S/C4H8N2O2/c1-2-5-6-3-7-4(1)8-6/h4-5H,1-3H2. The van der Waals surface area contributed by atoms with Crippen LogP contribution in [0.3, 0.4) is 0 Å². The first-order valence-corrected chi connectivity index (χ1v) is 2.74. The van der Waals surface area contributed by atoms with Crippen LogP contribution in [0.25, 0.3) is 0 Å². The normalized spacial score (nSPS) is 45.0. The summed E-state index contributed by atoms with van der Waals surface area (Å²) in [4.78, 5) is 5.10. The molecular formula is C4H8N2O2. The Balaban J connectivity index is 2.03. The number of fused-ring (bicyclic) bond motifs is 2. The van der Waals surface area contributed by atoms with Gasteiger partial charge in [0, 0.05) is 13.0 Å². The molecule has 2 aliphatic rings. The summed E-state index contributed by atoms with van der Waals surface area (Å²) in [5.74, 6) is 0. The minimum atomic E-state index is 0.0243. The van der Waals surface area contributed by atoms with Gasteiger partial charge in [0.05, 0.1) is 0 Å². The summed E-state index contributed by atoms with van der Waals surface area (Å²) < 4.78 is 5.12. The van der Waals surface area contributed by atoms with Gasteiger partial charge in [0.2, 0.25) is 0 Å². The van der Waals surface area contributed by atoms with E-state index in [4.69, 9.17) is 9.57 Å². The van der Waals surface area contributed by atoms with Gasteiger partial charge in [0.25, 0.3) is 0 Å². The smallest absolute Gasteiger partial charge is 0.182 e. The van der Waals surface area contributed by atoms with Crippen molar-refractivity contribution in [3.05, 3.63) is 0 Å². The molecule has 46 valence electrons. The Kier molecular flexibility index (Phi) is 0.976. The molecule has 2 fully saturated rings. The minimum absolute atomic E-state index is 0.0243. The van der Waals surface area contributed by atoms with Gasteiger partial charge in [0.15, 0.2) is 6.29 Å². The highest BCUT2D eigenvalue weighted by Crippen LogP contribution is 2.14. The average Bonchev–Trinajstić information content (AvgIpc) is 2.12. The SMILES string of the molecule is C1CC2OCN(N1)O2. The maximum Gasteiger partial charge on any atom is 0.182 e. The van der Waals surface area contributed by atoms with E-state index in [1.807, 2.05) is 0 Å². The summed E-state index contributed by atoms with van der Waals surface area (Å²) in [5, 5.41) is 1.62. The average molecular weight is 116 g/mol. The fourth-order valence-corrected chi connectivity index (χ4v) is 0.880. The van der Waals surface area contributed by atoms with E-state index >= 15 is 0 Å². The lowest BCUT2D eigenvalue weighted by atomic mass is 10.4. The van der Waals surface area contributed by atoms with Crippen LogP contribution in [0.1, 0.15) is 6.42 Å². The molecule has 0 aromatic heterocycles. The lowest BCUT2D eigenvalue weighted by Crippen LogP contribution is -2.40. The maximum absolute atomic E-state index is 5.12. The molecule has 2 heterocycles. The van der Waals surface area contributed by atoms with Gasteiger partial charge in [-0.25, -0.2) is 10.3 Å². The maximum atomic E-state index is 5.12. The van der Waals surface area contributed by atoms with Crippen LogP contribution >= 0.6 is 0 Å². The van der Waals surface area contributed by atoms with Crippen molar-refractivity contribution in [1.29, 1.82) is 0 Å². The summed E-state index contributed by atoms with van der Waals surface area (Å²) in [7, 11) is 0. The number of ether oxygens (including phenoxy) is 1. The zero-order valence-electron chi connectivity index (χ0n) is 4.46. The van der Waals surface area contributed by atoms with E-state index in [-0.39, 0.29) is 6.29 Å². The van der Waals surface area contributed by atoms with Gasteiger partial charge in [0.1, 0.15) is 6.73 Å². The third kappa shape index (κ3) is 0.621. The van der Waals surface area contributed by atoms with E-state index < -0.39 is 0 Å². The van der Waals surface area contributed by atoms with Crippen LogP contribution < -0.4 is 5.43 Å². The Morgan fingerprint density at radius 1 is 1.62 bits per heavy atom. The molecule has 2 bridgehead atoms. The van der Waals surface area contributed by atoms with Crippen LogP contribution in [-0.4, -0.2) is 24.7 Å². The van der Waals surface area contributed by atoms with Gasteiger partial charge in [-0.2, -0.15) is 0 Å². The summed E-state index contributed by atoms with van der Waals surface area (Å²) in [6.07, 6.45) is 0.979. The predicted molar refractivity (Wildman–Crippen MR) is 25.3 cm³/mol. The molecule has 2 rings (SSSR count). The highest BCUT2D eigenvalue weighted by molar-refractivity contribution is 4.56. The Hall–Kier alpha value is -0.160. The van der Waals surface area contributed by atoms with E-state index in [9.17, 15) is 0 Å². The summed E-state index contributed by atoms with van der Waals surface area (Å²) in [6.45, 7) is 1.52. The van der Waals surface area contributed by atoms with Gasteiger partial charge in [-0.1, -0.05) is 5.17 Å². The number of hydrogen-bond donors (Lipinski definition) is 1. The number of hydrogen-bond acceptors (Lipinski definition) is 4. The Morgan fingerprint density at radius 2 is 2.62 bits per heavy atom. The van der Waals surface area contributed by atoms with Gasteiger partial charge in [-0.15, -0.1) is 0 Å². The van der Waals surface area contributed by atoms with Crippen molar-refractivity contribution in [2.75, 3.05) is 13.3 Å². The first-order chi connectivity index (χ1) is 3.95. The summed E-state index contributed by atoms with van der Waals surface area (Å²) >= 11 is 0. The lowest BCUT2D eigenvalue weighted by Gasteiger charge is -2.19. The highest BCUT2D eigenvalue weighted by Gasteiger charge is 2.27. The molecule has 0 saturated carbocycles. The molecule has 0 spiro atoms. The van der Waals surface area contributed by atoms with Gasteiger partial charge >= 0.3 is 0 Å². The number of hydrazine groups is 1. The zero-order valence-corrected chi connectivity index (χ0v) is 4.46. The second-order valence-corrected chi connectivity index (χ2v) is 1.91. The van der Waals surface area contributed by atoms with E-state index in [0.29, 0.717) is 6.73 Å². The molecule has 2 aliphatic heterocycles. The molecule has 0 aromatic rings. The van der Waals surface area contributed by atoms with Crippen LogP contribution in [0.5, 0.6) is 0 Å². The largest absolute Gasteiger partial charge is 0.332 e. The van der Waals surface area contributed by atoms with Crippen molar-refractivity contribution in [2.24, 2.45) is 0 Å². The molecule has 4 heteroatoms. The Morgan fingerprint density at radius 3 is 3.38 bits per heavy atom. The van der Waals surface area contributed by atoms with Crippen LogP contribution in [-0.2, 0) is 9.57 Å². The van der Waals surface area contributed by atoms with Gasteiger partial charge in [-0.05, 0) is 0 Å². The number of nitrogens with one attached hydrogen (secondary N) is 1. The first-order valence-electron chi connectivity index (χ1n) is 2.74. The first kappa shape index (κ1) is 4.69. The molecule has 2 unspecified atom stereocenters. The third-order valence-electron chi connectivity index (χ3n) is 1.29. The molecule has 2 atom stereocenters. The molecule has 8 heavy (non-hydrogen) atoms. The highest BCUT2D eigenvalue weighted by atomic mass is 16.9. The van der Waals surface area contributed by atoms with Crippen molar-refractivity contribution in [3.8, 4) is 0 Å². The van der Waals surface area contributed by atoms with Crippen molar-refractivity contribution in [1.82, 2.24) is 10.6 Å². The third-order valence-corrected chi connectivity index (χ3v) is 1.29. The summed E-state index contributed by atoms with van der Waals surface area (Å²) in [6, 6.07) is 0. The molecule has 0 aromatic carbocycles. The second kappa shape index (κ2) is 1.66. The quantitative estimate of drug-likeness (QED) is 0.460. The molecule has 4 nitrogen and oxygen atoms in total. The lowest BCUT2D eigenvalue weighted by molar-refractivity contribution is -0.216. The Bertz CT molecular complexity index is 84.0. The van der Waals surface area contributed by atoms with E-state index in [0.717, 1.165) is 13.0 Å². The Labute approximate surface area is 47.3 Å². The van der Waals surface area contributed by atoms with E-state index in [1.165, 1.54) is 0 Å². The number of rotatable bonds is 0. The van der Waals surface area contributed by atoms with Crippen LogP contribution in [0.4, 0.5) is 0 Å². The molecule has 0 aliphatic carbocycles. The van der Waals surface area contributed by atoms with Gasteiger partial charge in [-0.3, -0.25) is 0 Å². The molecule has 1 N–H and O–H groups in total. The minimum Gasteiger partial charge on any atom is -0.332 e. The molecule has 2 saturated heterocycles. The van der Waals surface area contributed by atoms with Crippen LogP contribution in [0.2, 0.25) is 0 Å². The fraction of sp³-hybridized carbons (Fsp3) is 1.00. The van der Waals surface area contributed by atoms with E-state index in [1.54, 1.807) is 5.17 Å². The fourth-order valence-electron chi connectivity index (χ4n) is 0.880. The summed E-state index contributed by atoms with van der Waals surface area (Å²) in [5.41, 5.74) is 3.00. The topological polar surface area (TPSA) is 33.7 Å². The van der Waals surface area contributed by atoms with Crippen molar-refractivity contribution >= 4 is 0 Å². The number of hydroxylamine groups is 1. The number of nitrogens with zero attached hydrogens (tertiary/aromatic N) is 1. The van der Waals surface area contributed by atoms with Crippen molar-refractivity contribution < 1.29 is 9.57 Å². The van der Waals surface area contributed by atoms with Gasteiger partial charge < -0.3 is 4.74 Å². The van der Waals surface area contributed by atoms with Crippen LogP contribution in [0, 0.1) is 0 Å². The van der Waals surface area contributed by atoms with E-state index in [2.05, 4.69) is 5.43 Å². The van der Waals surface area contributed by atoms with Crippen LogP contribution in [0.15, 0.2) is 0 Å². The predicted octanol–water partition coefficient (Wildman–Crippen LogP) is -0.558. The monoisotopic (exact) mass is 116 g/mol. The molecular weight excluding hydrogens is 108 g/mol. The van der Waals surface area contributed by atoms with Crippen molar-refractivity contribution in [2.45, 2.75) is 12.7 Å². The second-order valence-electron chi connectivity index (χ2n) is 1.91. The zero-order chi connectivity index (χ0) is 5.40. The molecule has 0 radical (unpaired) electrons.